The van der Waals surface area contributed by atoms with Gasteiger partial charge in [0.15, 0.2) is 11.5 Å². The summed E-state index contributed by atoms with van der Waals surface area (Å²) in [4.78, 5) is 4.23. The lowest BCUT2D eigenvalue weighted by Gasteiger charge is -2.02. The highest BCUT2D eigenvalue weighted by Gasteiger charge is 2.13. The molecule has 0 aliphatic heterocycles. The molecule has 0 radical (unpaired) electrons. The highest BCUT2D eigenvalue weighted by molar-refractivity contribution is 7.08. The van der Waals surface area contributed by atoms with Crippen LogP contribution in [0.2, 0.25) is 5.15 Å². The minimum atomic E-state index is 0.441. The van der Waals surface area contributed by atoms with Crippen LogP contribution in [0.5, 0.6) is 0 Å². The first-order chi connectivity index (χ1) is 8.16. The van der Waals surface area contributed by atoms with Gasteiger partial charge in [0.05, 0.1) is 0 Å². The van der Waals surface area contributed by atoms with Gasteiger partial charge in [0.2, 0.25) is 0 Å². The molecule has 0 aliphatic rings. The summed E-state index contributed by atoms with van der Waals surface area (Å²) in [5.41, 5.74) is 3.01. The second kappa shape index (κ2) is 3.78. The summed E-state index contributed by atoms with van der Waals surface area (Å²) in [6, 6.07) is 1.72. The number of thiophene rings is 1. The number of aromatic nitrogens is 4. The lowest BCUT2D eigenvalue weighted by atomic mass is 10.2. The number of fused-ring (bicyclic) bond motifs is 1. The molecule has 0 spiro atoms. The van der Waals surface area contributed by atoms with Crippen LogP contribution in [0.4, 0.5) is 0 Å². The third-order valence-corrected chi connectivity index (χ3v) is 3.68. The van der Waals surface area contributed by atoms with Crippen molar-refractivity contribution < 1.29 is 0 Å². The van der Waals surface area contributed by atoms with Crippen molar-refractivity contribution in [1.29, 1.82) is 0 Å². The second-order valence-electron chi connectivity index (χ2n) is 3.81. The molecular weight excluding hydrogens is 256 g/mol. The summed E-state index contributed by atoms with van der Waals surface area (Å²) < 4.78 is 1.92. The molecule has 0 unspecified atom stereocenters. The zero-order valence-corrected chi connectivity index (χ0v) is 10.9. The van der Waals surface area contributed by atoms with E-state index in [1.165, 1.54) is 5.56 Å². The molecule has 0 saturated heterocycles. The van der Waals surface area contributed by atoms with Crippen molar-refractivity contribution >= 4 is 28.6 Å². The fraction of sp³-hybridized carbons (Fsp3) is 0.182. The maximum absolute atomic E-state index is 5.90. The molecule has 86 valence electrons. The Morgan fingerprint density at radius 1 is 1.24 bits per heavy atom. The van der Waals surface area contributed by atoms with Crippen LogP contribution in [0.1, 0.15) is 11.4 Å². The maximum Gasteiger partial charge on any atom is 0.170 e. The van der Waals surface area contributed by atoms with E-state index in [0.717, 1.165) is 22.9 Å². The predicted octanol–water partition coefficient (Wildman–Crippen LogP) is 3.12. The molecule has 3 aromatic heterocycles. The Labute approximate surface area is 107 Å². The van der Waals surface area contributed by atoms with Crippen LogP contribution in [0.15, 0.2) is 16.8 Å². The monoisotopic (exact) mass is 264 g/mol. The fourth-order valence-electron chi connectivity index (χ4n) is 1.82. The van der Waals surface area contributed by atoms with Gasteiger partial charge in [0.25, 0.3) is 0 Å². The third-order valence-electron chi connectivity index (χ3n) is 2.62. The van der Waals surface area contributed by atoms with Crippen LogP contribution in [0.25, 0.3) is 17.0 Å². The minimum Gasteiger partial charge on any atom is -0.263 e. The number of nitrogens with zero attached hydrogens (tertiary/aromatic N) is 4. The number of hydrogen-bond donors (Lipinski definition) is 0. The number of halogens is 1. The van der Waals surface area contributed by atoms with E-state index in [9.17, 15) is 0 Å². The molecule has 0 atom stereocenters. The summed E-state index contributed by atoms with van der Waals surface area (Å²) in [6.07, 6.45) is 0. The number of hydrogen-bond acceptors (Lipinski definition) is 4. The van der Waals surface area contributed by atoms with Gasteiger partial charge in [0, 0.05) is 17.0 Å². The molecular formula is C11H9ClN4S. The van der Waals surface area contributed by atoms with Crippen LogP contribution in [-0.2, 0) is 0 Å². The van der Waals surface area contributed by atoms with Crippen molar-refractivity contribution in [3.8, 4) is 11.4 Å². The molecule has 3 rings (SSSR count). The first-order valence-corrected chi connectivity index (χ1v) is 6.40. The van der Waals surface area contributed by atoms with E-state index in [2.05, 4.69) is 32.9 Å². The lowest BCUT2D eigenvalue weighted by molar-refractivity contribution is 0.988. The molecule has 0 amide bonds. The Balaban J connectivity index is 2.36. The zero-order valence-electron chi connectivity index (χ0n) is 9.31. The van der Waals surface area contributed by atoms with E-state index in [1.54, 1.807) is 17.4 Å². The summed E-state index contributed by atoms with van der Waals surface area (Å²) in [5.74, 6) is 1.61. The smallest absolute Gasteiger partial charge is 0.170 e. The van der Waals surface area contributed by atoms with E-state index in [-0.39, 0.29) is 0 Å². The molecule has 0 N–H and O–H groups in total. The summed E-state index contributed by atoms with van der Waals surface area (Å²) in [6.45, 7) is 3.96. The Bertz CT molecular complexity index is 701. The Hall–Kier alpha value is -1.46. The Morgan fingerprint density at radius 2 is 2.06 bits per heavy atom. The van der Waals surface area contributed by atoms with E-state index in [4.69, 9.17) is 11.6 Å². The normalized spacial score (nSPS) is 11.2. The highest BCUT2D eigenvalue weighted by atomic mass is 35.5. The molecule has 3 heterocycles. The van der Waals surface area contributed by atoms with Gasteiger partial charge >= 0.3 is 0 Å². The molecule has 4 nitrogen and oxygen atoms in total. The van der Waals surface area contributed by atoms with Gasteiger partial charge in [-0.15, -0.1) is 10.2 Å². The standard InChI is InChI=1S/C11H9ClN4S/c1-6-4-17-5-8(6)11-15-14-10-3-9(12)13-7(2)16(10)11/h3-5H,1-2H3. The van der Waals surface area contributed by atoms with Gasteiger partial charge in [0.1, 0.15) is 11.0 Å². The van der Waals surface area contributed by atoms with Crippen LogP contribution >= 0.6 is 22.9 Å². The second-order valence-corrected chi connectivity index (χ2v) is 4.94. The van der Waals surface area contributed by atoms with Gasteiger partial charge in [-0.05, 0) is 24.8 Å². The maximum atomic E-state index is 5.90. The number of rotatable bonds is 1. The van der Waals surface area contributed by atoms with Crippen molar-refractivity contribution in [1.82, 2.24) is 19.6 Å². The van der Waals surface area contributed by atoms with Crippen LogP contribution in [0.3, 0.4) is 0 Å². The van der Waals surface area contributed by atoms with Crippen molar-refractivity contribution in [2.75, 3.05) is 0 Å². The summed E-state index contributed by atoms with van der Waals surface area (Å²) >= 11 is 7.55. The first kappa shape index (κ1) is 10.7. The summed E-state index contributed by atoms with van der Waals surface area (Å²) in [7, 11) is 0. The van der Waals surface area contributed by atoms with Crippen LogP contribution in [0, 0.1) is 13.8 Å². The number of aryl methyl sites for hydroxylation is 2. The van der Waals surface area contributed by atoms with Gasteiger partial charge in [-0.1, -0.05) is 11.6 Å². The topological polar surface area (TPSA) is 43.1 Å². The van der Waals surface area contributed by atoms with Crippen molar-refractivity contribution in [2.24, 2.45) is 0 Å². The van der Waals surface area contributed by atoms with E-state index >= 15 is 0 Å². The van der Waals surface area contributed by atoms with E-state index in [0.29, 0.717) is 5.15 Å². The fourth-order valence-corrected chi connectivity index (χ4v) is 2.86. The van der Waals surface area contributed by atoms with Crippen molar-refractivity contribution in [3.63, 3.8) is 0 Å². The van der Waals surface area contributed by atoms with E-state index in [1.807, 2.05) is 11.3 Å². The highest BCUT2D eigenvalue weighted by Crippen LogP contribution is 2.26. The molecule has 3 aromatic rings. The molecule has 6 heteroatoms. The summed E-state index contributed by atoms with van der Waals surface area (Å²) in [5, 5.41) is 13.0. The zero-order chi connectivity index (χ0) is 12.0. The van der Waals surface area contributed by atoms with Crippen LogP contribution in [-0.4, -0.2) is 19.6 Å². The molecule has 0 fully saturated rings. The third kappa shape index (κ3) is 1.62. The minimum absolute atomic E-state index is 0.441. The van der Waals surface area contributed by atoms with Gasteiger partial charge < -0.3 is 0 Å². The lowest BCUT2D eigenvalue weighted by Crippen LogP contribution is -1.98. The van der Waals surface area contributed by atoms with Gasteiger partial charge in [-0.3, -0.25) is 4.40 Å². The average Bonchev–Trinajstić information content (AvgIpc) is 2.83. The van der Waals surface area contributed by atoms with E-state index < -0.39 is 0 Å². The predicted molar refractivity (Wildman–Crippen MR) is 68.6 cm³/mol. The molecule has 0 bridgehead atoms. The molecule has 17 heavy (non-hydrogen) atoms. The quantitative estimate of drug-likeness (QED) is 0.634. The van der Waals surface area contributed by atoms with Gasteiger partial charge in [-0.25, -0.2) is 4.98 Å². The largest absolute Gasteiger partial charge is 0.263 e. The van der Waals surface area contributed by atoms with Crippen molar-refractivity contribution in [2.45, 2.75) is 13.8 Å². The van der Waals surface area contributed by atoms with Crippen LogP contribution < -0.4 is 0 Å². The Morgan fingerprint density at radius 3 is 2.76 bits per heavy atom. The molecule has 0 aliphatic carbocycles. The SMILES string of the molecule is Cc1cscc1-c1nnc2cc(Cl)nc(C)n12. The van der Waals surface area contributed by atoms with Crippen molar-refractivity contribution in [3.05, 3.63) is 33.4 Å². The molecule has 0 saturated carbocycles. The Kier molecular flexibility index (Phi) is 2.38. The average molecular weight is 265 g/mol. The molecule has 0 aromatic carbocycles. The first-order valence-electron chi connectivity index (χ1n) is 5.08. The van der Waals surface area contributed by atoms with Gasteiger partial charge in [-0.2, -0.15) is 11.3 Å².